The van der Waals surface area contributed by atoms with Crippen LogP contribution in [0.1, 0.15) is 37.7 Å². The molecule has 1 saturated carbocycles. The number of amides is 3. The van der Waals surface area contributed by atoms with Crippen LogP contribution >= 0.6 is 0 Å². The highest BCUT2D eigenvalue weighted by Gasteiger charge is 2.24. The molecule has 1 saturated heterocycles. The molecule has 7 heteroatoms. The van der Waals surface area contributed by atoms with Crippen LogP contribution in [0.15, 0.2) is 24.3 Å². The van der Waals surface area contributed by atoms with Crippen LogP contribution < -0.4 is 15.5 Å². The molecule has 1 aromatic carbocycles. The van der Waals surface area contributed by atoms with Crippen LogP contribution in [-0.4, -0.2) is 61.4 Å². The fourth-order valence-electron chi connectivity index (χ4n) is 3.96. The minimum absolute atomic E-state index is 0.0808. The minimum Gasteiger partial charge on any atom is -0.368 e. The smallest absolute Gasteiger partial charge is 0.309 e. The quantitative estimate of drug-likeness (QED) is 0.762. The van der Waals surface area contributed by atoms with E-state index in [-0.39, 0.29) is 18.5 Å². The van der Waals surface area contributed by atoms with Crippen LogP contribution in [0.4, 0.5) is 5.69 Å². The number of nitrogens with zero attached hydrogens (tertiary/aromatic N) is 2. The molecular formula is C21H30N4O3. The molecule has 152 valence electrons. The maximum absolute atomic E-state index is 12.4. The van der Waals surface area contributed by atoms with Gasteiger partial charge in [0.15, 0.2) is 0 Å². The summed E-state index contributed by atoms with van der Waals surface area (Å²) in [6, 6.07) is 8.30. The van der Waals surface area contributed by atoms with Gasteiger partial charge in [-0.15, -0.1) is 0 Å². The summed E-state index contributed by atoms with van der Waals surface area (Å²) in [7, 11) is 0. The number of carbonyl (C=O) groups excluding carboxylic acids is 3. The number of para-hydroxylation sites is 1. The highest BCUT2D eigenvalue weighted by Crippen LogP contribution is 2.20. The molecule has 0 atom stereocenters. The van der Waals surface area contributed by atoms with Gasteiger partial charge in [-0.3, -0.25) is 14.4 Å². The first-order valence-electron chi connectivity index (χ1n) is 10.2. The van der Waals surface area contributed by atoms with Gasteiger partial charge in [0.2, 0.25) is 5.91 Å². The van der Waals surface area contributed by atoms with E-state index in [1.165, 1.54) is 17.7 Å². The summed E-state index contributed by atoms with van der Waals surface area (Å²) in [6.45, 7) is 4.68. The van der Waals surface area contributed by atoms with Crippen molar-refractivity contribution in [3.8, 4) is 0 Å². The minimum atomic E-state index is -0.725. The number of piperazine rings is 1. The van der Waals surface area contributed by atoms with Crippen molar-refractivity contribution in [3.05, 3.63) is 29.8 Å². The van der Waals surface area contributed by atoms with Crippen molar-refractivity contribution in [2.24, 2.45) is 0 Å². The summed E-state index contributed by atoms with van der Waals surface area (Å²) >= 11 is 0. The number of aryl methyl sites for hydroxylation is 1. The van der Waals surface area contributed by atoms with E-state index in [1.54, 1.807) is 4.90 Å². The molecule has 0 bridgehead atoms. The molecule has 0 radical (unpaired) electrons. The molecular weight excluding hydrogens is 356 g/mol. The fraction of sp³-hybridized carbons (Fsp3) is 0.571. The van der Waals surface area contributed by atoms with Crippen LogP contribution in [0.2, 0.25) is 0 Å². The third-order valence-corrected chi connectivity index (χ3v) is 5.64. The van der Waals surface area contributed by atoms with Gasteiger partial charge in [-0.25, -0.2) is 0 Å². The Kier molecular flexibility index (Phi) is 6.90. The lowest BCUT2D eigenvalue weighted by atomic mass is 9.95. The van der Waals surface area contributed by atoms with E-state index in [0.29, 0.717) is 13.1 Å². The Bertz CT molecular complexity index is 707. The molecule has 28 heavy (non-hydrogen) atoms. The van der Waals surface area contributed by atoms with E-state index in [0.717, 1.165) is 38.8 Å². The molecule has 2 fully saturated rings. The second kappa shape index (κ2) is 9.57. The standard InChI is InChI=1S/C21H30N4O3/c1-16-7-5-6-10-18(16)24-11-13-25(14-12-24)19(26)15-22-20(27)21(28)23-17-8-3-2-4-9-17/h5-7,10,17H,2-4,8-9,11-15H2,1H3,(H,22,27)(H,23,28). The first-order valence-corrected chi connectivity index (χ1v) is 10.2. The molecule has 3 rings (SSSR count). The largest absolute Gasteiger partial charge is 0.368 e. The lowest BCUT2D eigenvalue weighted by Crippen LogP contribution is -2.52. The summed E-state index contributed by atoms with van der Waals surface area (Å²) in [5, 5.41) is 5.23. The maximum atomic E-state index is 12.4. The summed E-state index contributed by atoms with van der Waals surface area (Å²) in [6.07, 6.45) is 5.19. The van der Waals surface area contributed by atoms with Crippen molar-refractivity contribution in [1.29, 1.82) is 0 Å². The number of hydrogen-bond acceptors (Lipinski definition) is 4. The van der Waals surface area contributed by atoms with Crippen LogP contribution in [0.3, 0.4) is 0 Å². The molecule has 0 aromatic heterocycles. The van der Waals surface area contributed by atoms with E-state index in [1.807, 2.05) is 12.1 Å². The molecule has 1 heterocycles. The lowest BCUT2D eigenvalue weighted by Gasteiger charge is -2.36. The molecule has 2 aliphatic rings. The number of carbonyl (C=O) groups is 3. The van der Waals surface area contributed by atoms with Crippen LogP contribution in [-0.2, 0) is 14.4 Å². The van der Waals surface area contributed by atoms with Gasteiger partial charge in [0.25, 0.3) is 0 Å². The predicted molar refractivity (Wildman–Crippen MR) is 108 cm³/mol. The zero-order valence-electron chi connectivity index (χ0n) is 16.6. The van der Waals surface area contributed by atoms with E-state index in [2.05, 4.69) is 34.6 Å². The summed E-state index contributed by atoms with van der Waals surface area (Å²) in [4.78, 5) is 40.4. The Labute approximate surface area is 166 Å². The Morgan fingerprint density at radius 1 is 0.964 bits per heavy atom. The van der Waals surface area contributed by atoms with Gasteiger partial charge in [-0.2, -0.15) is 0 Å². The SMILES string of the molecule is Cc1ccccc1N1CCN(C(=O)CNC(=O)C(=O)NC2CCCCC2)CC1. The van der Waals surface area contributed by atoms with Gasteiger partial charge in [0.05, 0.1) is 6.54 Å². The Morgan fingerprint density at radius 2 is 1.64 bits per heavy atom. The first kappa shape index (κ1) is 20.2. The van der Waals surface area contributed by atoms with Crippen LogP contribution in [0, 0.1) is 6.92 Å². The Morgan fingerprint density at radius 3 is 2.32 bits per heavy atom. The van der Waals surface area contributed by atoms with Gasteiger partial charge in [0, 0.05) is 37.9 Å². The Hall–Kier alpha value is -2.57. The first-order chi connectivity index (χ1) is 13.5. The lowest BCUT2D eigenvalue weighted by molar-refractivity contribution is -0.141. The van der Waals surface area contributed by atoms with Crippen molar-refractivity contribution >= 4 is 23.4 Å². The molecule has 2 N–H and O–H groups in total. The normalized spacial score (nSPS) is 17.9. The third-order valence-electron chi connectivity index (χ3n) is 5.64. The average Bonchev–Trinajstić information content (AvgIpc) is 2.73. The highest BCUT2D eigenvalue weighted by atomic mass is 16.2. The van der Waals surface area contributed by atoms with E-state index >= 15 is 0 Å². The van der Waals surface area contributed by atoms with Gasteiger partial charge < -0.3 is 20.4 Å². The van der Waals surface area contributed by atoms with Gasteiger partial charge >= 0.3 is 11.8 Å². The van der Waals surface area contributed by atoms with Gasteiger partial charge in [-0.05, 0) is 31.4 Å². The van der Waals surface area contributed by atoms with Crippen molar-refractivity contribution in [2.45, 2.75) is 45.1 Å². The topological polar surface area (TPSA) is 81.8 Å². The average molecular weight is 386 g/mol. The van der Waals surface area contributed by atoms with E-state index < -0.39 is 11.8 Å². The zero-order chi connectivity index (χ0) is 19.9. The zero-order valence-corrected chi connectivity index (χ0v) is 16.6. The summed E-state index contributed by atoms with van der Waals surface area (Å²) in [5.74, 6) is -1.51. The molecule has 1 aliphatic carbocycles. The number of anilines is 1. The monoisotopic (exact) mass is 386 g/mol. The second-order valence-electron chi connectivity index (χ2n) is 7.65. The molecule has 3 amide bonds. The number of nitrogens with one attached hydrogen (secondary N) is 2. The molecule has 7 nitrogen and oxygen atoms in total. The predicted octanol–water partition coefficient (Wildman–Crippen LogP) is 1.21. The van der Waals surface area contributed by atoms with Gasteiger partial charge in [0.1, 0.15) is 0 Å². The second-order valence-corrected chi connectivity index (χ2v) is 7.65. The number of hydrogen-bond donors (Lipinski definition) is 2. The van der Waals surface area contributed by atoms with E-state index in [9.17, 15) is 14.4 Å². The highest BCUT2D eigenvalue weighted by molar-refractivity contribution is 6.35. The maximum Gasteiger partial charge on any atom is 0.309 e. The van der Waals surface area contributed by atoms with Crippen molar-refractivity contribution in [3.63, 3.8) is 0 Å². The van der Waals surface area contributed by atoms with Crippen molar-refractivity contribution in [2.75, 3.05) is 37.6 Å². The summed E-state index contributed by atoms with van der Waals surface area (Å²) in [5.41, 5.74) is 2.42. The number of benzene rings is 1. The molecule has 0 spiro atoms. The van der Waals surface area contributed by atoms with Crippen molar-refractivity contribution < 1.29 is 14.4 Å². The summed E-state index contributed by atoms with van der Waals surface area (Å²) < 4.78 is 0. The van der Waals surface area contributed by atoms with Crippen LogP contribution in [0.25, 0.3) is 0 Å². The third kappa shape index (κ3) is 5.24. The molecule has 1 aromatic rings. The molecule has 1 aliphatic heterocycles. The van der Waals surface area contributed by atoms with E-state index in [4.69, 9.17) is 0 Å². The van der Waals surface area contributed by atoms with Gasteiger partial charge in [-0.1, -0.05) is 37.5 Å². The molecule has 0 unspecified atom stereocenters. The van der Waals surface area contributed by atoms with Crippen LogP contribution in [0.5, 0.6) is 0 Å². The Balaban J connectivity index is 1.40. The number of rotatable bonds is 4. The van der Waals surface area contributed by atoms with Crippen molar-refractivity contribution in [1.82, 2.24) is 15.5 Å². The fourth-order valence-corrected chi connectivity index (χ4v) is 3.96.